The fraction of sp³-hybridized carbons (Fsp3) is 0. The van der Waals surface area contributed by atoms with Crippen LogP contribution < -0.4 is 10.9 Å². The first kappa shape index (κ1) is 15.7. The average Bonchev–Trinajstić information content (AvgIpc) is 3.03. The molecule has 0 amide bonds. The van der Waals surface area contributed by atoms with Crippen molar-refractivity contribution in [3.63, 3.8) is 0 Å². The molecule has 0 aliphatic carbocycles. The molecule has 1 N–H and O–H groups in total. The average molecular weight is 374 g/mol. The number of anilines is 2. The van der Waals surface area contributed by atoms with Crippen LogP contribution in [-0.4, -0.2) is 10.2 Å². The molecule has 8 heteroatoms. The first-order chi connectivity index (χ1) is 12.1. The highest BCUT2D eigenvalue weighted by Gasteiger charge is 2.13. The minimum absolute atomic E-state index is 0.291. The summed E-state index contributed by atoms with van der Waals surface area (Å²) in [5.41, 5.74) is 0.767. The fourth-order valence-electron chi connectivity index (χ4n) is 2.32. The normalized spacial score (nSPS) is 11.0. The Morgan fingerprint density at radius 3 is 2.84 bits per heavy atom. The van der Waals surface area contributed by atoms with E-state index >= 15 is 0 Å². The van der Waals surface area contributed by atoms with Gasteiger partial charge < -0.3 is 9.73 Å². The van der Waals surface area contributed by atoms with Crippen LogP contribution in [0.25, 0.3) is 21.5 Å². The van der Waals surface area contributed by atoms with Crippen LogP contribution in [0.4, 0.5) is 15.2 Å². The van der Waals surface area contributed by atoms with E-state index in [-0.39, 0.29) is 5.82 Å². The van der Waals surface area contributed by atoms with Crippen LogP contribution in [-0.2, 0) is 0 Å². The number of aromatic nitrogens is 2. The van der Waals surface area contributed by atoms with E-state index in [1.807, 2.05) is 0 Å². The van der Waals surface area contributed by atoms with E-state index in [4.69, 9.17) is 16.0 Å². The van der Waals surface area contributed by atoms with Crippen molar-refractivity contribution < 1.29 is 8.81 Å². The molecule has 0 unspecified atom stereocenters. The molecule has 0 radical (unpaired) electrons. The summed E-state index contributed by atoms with van der Waals surface area (Å²) in [5, 5.41) is 13.0. The largest absolute Gasteiger partial charge is 0.422 e. The SMILES string of the molecule is O=c1oc2ccc(Cl)cc2cc1-c1nnc(Nc2cccc(F)c2)s1. The zero-order valence-corrected chi connectivity index (χ0v) is 14.1. The van der Waals surface area contributed by atoms with Gasteiger partial charge in [-0.15, -0.1) is 10.2 Å². The molecular formula is C17H9ClFN3O2S. The van der Waals surface area contributed by atoms with Gasteiger partial charge in [0.2, 0.25) is 5.13 Å². The van der Waals surface area contributed by atoms with Gasteiger partial charge in [0.15, 0.2) is 5.01 Å². The summed E-state index contributed by atoms with van der Waals surface area (Å²) in [5.74, 6) is -0.359. The lowest BCUT2D eigenvalue weighted by Crippen LogP contribution is -2.02. The van der Waals surface area contributed by atoms with Gasteiger partial charge in [0.05, 0.1) is 5.56 Å². The third-order valence-electron chi connectivity index (χ3n) is 3.43. The second kappa shape index (κ2) is 6.27. The van der Waals surface area contributed by atoms with Crippen molar-refractivity contribution in [1.82, 2.24) is 10.2 Å². The Balaban J connectivity index is 1.71. The van der Waals surface area contributed by atoms with Crippen molar-refractivity contribution in [3.05, 3.63) is 69.8 Å². The number of nitrogens with zero attached hydrogens (tertiary/aromatic N) is 2. The van der Waals surface area contributed by atoms with Gasteiger partial charge in [0.25, 0.3) is 0 Å². The molecule has 0 saturated carbocycles. The summed E-state index contributed by atoms with van der Waals surface area (Å²) in [6.07, 6.45) is 0. The third kappa shape index (κ3) is 3.24. The molecule has 5 nitrogen and oxygen atoms in total. The van der Waals surface area contributed by atoms with E-state index in [0.29, 0.717) is 37.4 Å². The van der Waals surface area contributed by atoms with Crippen LogP contribution >= 0.6 is 22.9 Å². The third-order valence-corrected chi connectivity index (χ3v) is 4.53. The number of hydrogen-bond donors (Lipinski definition) is 1. The number of nitrogens with one attached hydrogen (secondary N) is 1. The van der Waals surface area contributed by atoms with Gasteiger partial charge >= 0.3 is 5.63 Å². The highest BCUT2D eigenvalue weighted by molar-refractivity contribution is 7.18. The van der Waals surface area contributed by atoms with E-state index in [2.05, 4.69) is 15.5 Å². The number of hydrogen-bond acceptors (Lipinski definition) is 6. The Morgan fingerprint density at radius 1 is 1.12 bits per heavy atom. The fourth-order valence-corrected chi connectivity index (χ4v) is 3.26. The maximum absolute atomic E-state index is 13.2. The van der Waals surface area contributed by atoms with Gasteiger partial charge in [-0.05, 0) is 42.5 Å². The molecule has 0 spiro atoms. The molecule has 0 saturated heterocycles. The Hall–Kier alpha value is -2.77. The van der Waals surface area contributed by atoms with Gasteiger partial charge in [-0.2, -0.15) is 0 Å². The predicted octanol–water partition coefficient (Wildman–Crippen LogP) is 4.85. The zero-order valence-electron chi connectivity index (χ0n) is 12.5. The zero-order chi connectivity index (χ0) is 17.4. The van der Waals surface area contributed by atoms with Crippen molar-refractivity contribution in [3.8, 4) is 10.6 Å². The lowest BCUT2D eigenvalue weighted by atomic mass is 10.2. The van der Waals surface area contributed by atoms with Gasteiger partial charge in [-0.1, -0.05) is 29.0 Å². The number of rotatable bonds is 3. The Labute approximate surface area is 149 Å². The summed E-state index contributed by atoms with van der Waals surface area (Å²) < 4.78 is 18.5. The lowest BCUT2D eigenvalue weighted by molar-refractivity contribution is 0.563. The smallest absolute Gasteiger partial charge is 0.346 e. The van der Waals surface area contributed by atoms with Gasteiger partial charge in [-0.25, -0.2) is 9.18 Å². The van der Waals surface area contributed by atoms with Crippen LogP contribution in [0.1, 0.15) is 0 Å². The molecule has 0 aliphatic rings. The van der Waals surface area contributed by atoms with Crippen LogP contribution in [0.3, 0.4) is 0 Å². The second-order valence-electron chi connectivity index (χ2n) is 5.18. The molecule has 2 heterocycles. The topological polar surface area (TPSA) is 68.0 Å². The van der Waals surface area contributed by atoms with Crippen molar-refractivity contribution in [2.75, 3.05) is 5.32 Å². The maximum Gasteiger partial charge on any atom is 0.346 e. The van der Waals surface area contributed by atoms with Crippen molar-refractivity contribution in [2.24, 2.45) is 0 Å². The van der Waals surface area contributed by atoms with Gasteiger partial charge in [0, 0.05) is 16.1 Å². The Bertz CT molecular complexity index is 1140. The second-order valence-corrected chi connectivity index (χ2v) is 6.59. The monoisotopic (exact) mass is 373 g/mol. The molecule has 0 bridgehead atoms. The molecule has 0 atom stereocenters. The van der Waals surface area contributed by atoms with E-state index in [1.165, 1.54) is 12.1 Å². The van der Waals surface area contributed by atoms with E-state index in [1.54, 1.807) is 36.4 Å². The maximum atomic E-state index is 13.2. The summed E-state index contributed by atoms with van der Waals surface area (Å²) in [6, 6.07) is 12.6. The minimum Gasteiger partial charge on any atom is -0.422 e. The summed E-state index contributed by atoms with van der Waals surface area (Å²) in [4.78, 5) is 12.2. The first-order valence-corrected chi connectivity index (χ1v) is 8.38. The molecule has 2 aromatic heterocycles. The molecule has 25 heavy (non-hydrogen) atoms. The molecule has 4 aromatic rings. The van der Waals surface area contributed by atoms with Crippen molar-refractivity contribution in [2.45, 2.75) is 0 Å². The highest BCUT2D eigenvalue weighted by Crippen LogP contribution is 2.29. The highest BCUT2D eigenvalue weighted by atomic mass is 35.5. The summed E-state index contributed by atoms with van der Waals surface area (Å²) >= 11 is 7.14. The lowest BCUT2D eigenvalue weighted by Gasteiger charge is -2.01. The van der Waals surface area contributed by atoms with E-state index in [9.17, 15) is 9.18 Å². The number of halogens is 2. The quantitative estimate of drug-likeness (QED) is 0.520. The number of fused-ring (bicyclic) bond motifs is 1. The van der Waals surface area contributed by atoms with Crippen LogP contribution in [0.15, 0.2) is 57.7 Å². The summed E-state index contributed by atoms with van der Waals surface area (Å²) in [7, 11) is 0. The van der Waals surface area contributed by atoms with Crippen molar-refractivity contribution in [1.29, 1.82) is 0 Å². The predicted molar refractivity (Wildman–Crippen MR) is 96.1 cm³/mol. The standard InChI is InChI=1S/C17H9ClFN3O2S/c18-10-4-5-14-9(6-10)7-13(16(23)24-14)15-21-22-17(25-15)20-12-3-1-2-11(19)8-12/h1-8H,(H,20,22). The van der Waals surface area contributed by atoms with Crippen LogP contribution in [0, 0.1) is 5.82 Å². The van der Waals surface area contributed by atoms with Crippen LogP contribution in [0.5, 0.6) is 0 Å². The molecule has 2 aromatic carbocycles. The minimum atomic E-state index is -0.511. The first-order valence-electron chi connectivity index (χ1n) is 7.18. The van der Waals surface area contributed by atoms with E-state index < -0.39 is 5.63 Å². The molecule has 4 rings (SSSR count). The number of benzene rings is 2. The Morgan fingerprint density at radius 2 is 2.00 bits per heavy atom. The van der Waals surface area contributed by atoms with Crippen molar-refractivity contribution >= 4 is 44.7 Å². The molecule has 124 valence electrons. The molecule has 0 fully saturated rings. The summed E-state index contributed by atoms with van der Waals surface area (Å²) in [6.45, 7) is 0. The Kier molecular flexibility index (Phi) is 3.95. The molecule has 0 aliphatic heterocycles. The van der Waals surface area contributed by atoms with Gasteiger partial charge in [0.1, 0.15) is 11.4 Å². The van der Waals surface area contributed by atoms with Gasteiger partial charge in [-0.3, -0.25) is 0 Å². The van der Waals surface area contributed by atoms with Crippen LogP contribution in [0.2, 0.25) is 5.02 Å². The molecular weight excluding hydrogens is 365 g/mol. The van der Waals surface area contributed by atoms with E-state index in [0.717, 1.165) is 11.3 Å².